The standard InChI is InChI=1S/C18H15Br2N5O2S/c1-18(2,3)14-9(20)7-12-15(13(14)16-21-23-24-22-16)25(17(26)27)10-5-4-8(19)6-11(10)28-12/h4-7H,1-3H3,(H,26,27)(H,21,22,23,24). The van der Waals surface area contributed by atoms with Crippen molar-refractivity contribution in [3.05, 3.63) is 38.8 Å². The van der Waals surface area contributed by atoms with Gasteiger partial charge in [-0.3, -0.25) is 0 Å². The average molecular weight is 525 g/mol. The Morgan fingerprint density at radius 3 is 2.57 bits per heavy atom. The zero-order valence-electron chi connectivity index (χ0n) is 15.1. The van der Waals surface area contributed by atoms with Gasteiger partial charge in [0.1, 0.15) is 0 Å². The molecule has 1 amide bonds. The summed E-state index contributed by atoms with van der Waals surface area (Å²) in [5, 5.41) is 24.4. The third-order valence-electron chi connectivity index (χ3n) is 4.35. The van der Waals surface area contributed by atoms with Gasteiger partial charge in [-0.05, 0) is 45.7 Å². The Bertz CT molecular complexity index is 1100. The van der Waals surface area contributed by atoms with Crippen molar-refractivity contribution >= 4 is 61.1 Å². The number of rotatable bonds is 1. The van der Waals surface area contributed by atoms with Crippen LogP contribution in [0.1, 0.15) is 26.3 Å². The van der Waals surface area contributed by atoms with Crippen LogP contribution in [-0.2, 0) is 5.41 Å². The molecule has 2 aromatic carbocycles. The van der Waals surface area contributed by atoms with E-state index in [4.69, 9.17) is 0 Å². The second kappa shape index (κ2) is 6.85. The number of nitrogens with one attached hydrogen (secondary N) is 1. The van der Waals surface area contributed by atoms with Crippen molar-refractivity contribution in [2.24, 2.45) is 0 Å². The number of anilines is 2. The first-order chi connectivity index (χ1) is 13.2. The lowest BCUT2D eigenvalue weighted by atomic mass is 9.82. The van der Waals surface area contributed by atoms with Crippen molar-refractivity contribution in [1.29, 1.82) is 0 Å². The predicted molar refractivity (Wildman–Crippen MR) is 114 cm³/mol. The second-order valence-electron chi connectivity index (χ2n) is 7.29. The monoisotopic (exact) mass is 523 g/mol. The maximum absolute atomic E-state index is 12.4. The van der Waals surface area contributed by atoms with Crippen molar-refractivity contribution in [3.63, 3.8) is 0 Å². The van der Waals surface area contributed by atoms with Crippen LogP contribution in [0.15, 0.2) is 43.0 Å². The van der Waals surface area contributed by atoms with Crippen molar-refractivity contribution in [1.82, 2.24) is 20.6 Å². The summed E-state index contributed by atoms with van der Waals surface area (Å²) in [6.45, 7) is 6.21. The van der Waals surface area contributed by atoms with Crippen molar-refractivity contribution in [3.8, 4) is 11.4 Å². The Hall–Kier alpha value is -1.91. The van der Waals surface area contributed by atoms with Crippen molar-refractivity contribution in [2.75, 3.05) is 4.90 Å². The molecule has 0 atom stereocenters. The summed E-state index contributed by atoms with van der Waals surface area (Å²) in [6.07, 6.45) is -1.07. The summed E-state index contributed by atoms with van der Waals surface area (Å²) < 4.78 is 1.76. The lowest BCUT2D eigenvalue weighted by Crippen LogP contribution is -2.28. The lowest BCUT2D eigenvalue weighted by Gasteiger charge is -2.34. The minimum absolute atomic E-state index is 0.287. The number of carbonyl (C=O) groups is 1. The fraction of sp³-hybridized carbons (Fsp3) is 0.222. The highest BCUT2D eigenvalue weighted by atomic mass is 79.9. The largest absolute Gasteiger partial charge is 0.464 e. The molecule has 1 aliphatic rings. The number of hydrogen-bond donors (Lipinski definition) is 2. The predicted octanol–water partition coefficient (Wildman–Crippen LogP) is 5.97. The molecule has 1 aliphatic heterocycles. The fourth-order valence-corrected chi connectivity index (χ4v) is 6.18. The molecule has 0 unspecified atom stereocenters. The second-order valence-corrected chi connectivity index (χ2v) is 10.1. The molecule has 144 valence electrons. The van der Waals surface area contributed by atoms with Gasteiger partial charge in [-0.25, -0.2) is 14.8 Å². The van der Waals surface area contributed by atoms with Crippen LogP contribution in [0.2, 0.25) is 0 Å². The maximum Gasteiger partial charge on any atom is 0.416 e. The van der Waals surface area contributed by atoms with E-state index in [1.54, 1.807) is 6.07 Å². The molecule has 0 fully saturated rings. The molecule has 10 heteroatoms. The number of hydrogen-bond acceptors (Lipinski definition) is 5. The van der Waals surface area contributed by atoms with Gasteiger partial charge in [0.15, 0.2) is 5.82 Å². The van der Waals surface area contributed by atoms with Crippen molar-refractivity contribution in [2.45, 2.75) is 36.0 Å². The van der Waals surface area contributed by atoms with Gasteiger partial charge in [0.05, 0.1) is 16.9 Å². The number of carboxylic acid groups (broad SMARTS) is 1. The Morgan fingerprint density at radius 2 is 1.96 bits per heavy atom. The van der Waals surface area contributed by atoms with Crippen LogP contribution in [0.3, 0.4) is 0 Å². The minimum Gasteiger partial charge on any atom is -0.464 e. The van der Waals surface area contributed by atoms with Crippen LogP contribution in [0.25, 0.3) is 11.4 Å². The molecule has 0 bridgehead atoms. The zero-order valence-corrected chi connectivity index (χ0v) is 19.1. The molecular weight excluding hydrogens is 510 g/mol. The van der Waals surface area contributed by atoms with E-state index in [2.05, 4.69) is 73.3 Å². The molecule has 0 saturated heterocycles. The molecule has 4 rings (SSSR count). The van der Waals surface area contributed by atoms with Gasteiger partial charge in [-0.1, -0.05) is 64.4 Å². The van der Waals surface area contributed by atoms with E-state index in [0.29, 0.717) is 22.8 Å². The van der Waals surface area contributed by atoms with Gasteiger partial charge in [0, 0.05) is 18.7 Å². The first-order valence-corrected chi connectivity index (χ1v) is 10.7. The highest BCUT2D eigenvalue weighted by Crippen LogP contribution is 2.55. The number of aromatic nitrogens is 4. The Balaban J connectivity index is 2.12. The normalized spacial score (nSPS) is 13.2. The van der Waals surface area contributed by atoms with Gasteiger partial charge >= 0.3 is 6.09 Å². The van der Waals surface area contributed by atoms with Crippen LogP contribution in [0.4, 0.5) is 16.2 Å². The van der Waals surface area contributed by atoms with Crippen LogP contribution < -0.4 is 4.90 Å². The smallest absolute Gasteiger partial charge is 0.416 e. The fourth-order valence-electron chi connectivity index (χ4n) is 3.34. The number of amides is 1. The van der Waals surface area contributed by atoms with Gasteiger partial charge < -0.3 is 5.11 Å². The number of benzene rings is 2. The van der Waals surface area contributed by atoms with E-state index in [1.807, 2.05) is 18.2 Å². The van der Waals surface area contributed by atoms with E-state index in [1.165, 1.54) is 16.7 Å². The van der Waals surface area contributed by atoms with Gasteiger partial charge in [0.2, 0.25) is 0 Å². The number of nitrogens with zero attached hydrogens (tertiary/aromatic N) is 4. The molecule has 3 aromatic rings. The third-order valence-corrected chi connectivity index (χ3v) is 6.54. The van der Waals surface area contributed by atoms with Gasteiger partial charge in [0.25, 0.3) is 0 Å². The summed E-state index contributed by atoms with van der Waals surface area (Å²) in [5.41, 5.74) is 2.47. The summed E-state index contributed by atoms with van der Waals surface area (Å²) in [4.78, 5) is 15.3. The van der Waals surface area contributed by atoms with Gasteiger partial charge in [-0.2, -0.15) is 0 Å². The van der Waals surface area contributed by atoms with E-state index in [9.17, 15) is 9.90 Å². The summed E-state index contributed by atoms with van der Waals surface area (Å²) in [7, 11) is 0. The quantitative estimate of drug-likeness (QED) is 0.407. The molecule has 0 saturated carbocycles. The summed E-state index contributed by atoms with van der Waals surface area (Å²) >= 11 is 8.67. The Morgan fingerprint density at radius 1 is 1.21 bits per heavy atom. The topological polar surface area (TPSA) is 95.0 Å². The van der Waals surface area contributed by atoms with Crippen LogP contribution >= 0.6 is 43.6 Å². The highest BCUT2D eigenvalue weighted by Gasteiger charge is 2.36. The van der Waals surface area contributed by atoms with Crippen molar-refractivity contribution < 1.29 is 9.90 Å². The molecule has 28 heavy (non-hydrogen) atoms. The zero-order chi connectivity index (χ0) is 20.2. The molecule has 2 N–H and O–H groups in total. The van der Waals surface area contributed by atoms with E-state index < -0.39 is 6.09 Å². The summed E-state index contributed by atoms with van der Waals surface area (Å²) in [6, 6.07) is 7.51. The van der Waals surface area contributed by atoms with E-state index in [0.717, 1.165) is 24.3 Å². The Labute approximate surface area is 182 Å². The number of fused-ring (bicyclic) bond motifs is 2. The van der Waals surface area contributed by atoms with Gasteiger partial charge in [-0.15, -0.1) is 5.10 Å². The highest BCUT2D eigenvalue weighted by molar-refractivity contribution is 9.10. The molecule has 0 spiro atoms. The third kappa shape index (κ3) is 3.13. The Kier molecular flexibility index (Phi) is 4.75. The minimum atomic E-state index is -1.07. The first-order valence-electron chi connectivity index (χ1n) is 8.30. The number of halogens is 2. The van der Waals surface area contributed by atoms with Crippen LogP contribution in [0.5, 0.6) is 0 Å². The molecule has 0 aliphatic carbocycles. The first kappa shape index (κ1) is 19.4. The molecule has 0 radical (unpaired) electrons. The van der Waals surface area contributed by atoms with Crippen LogP contribution in [0, 0.1) is 0 Å². The number of aromatic amines is 1. The van der Waals surface area contributed by atoms with Crippen LogP contribution in [-0.4, -0.2) is 31.8 Å². The van der Waals surface area contributed by atoms with E-state index in [-0.39, 0.29) is 5.41 Å². The molecule has 1 aromatic heterocycles. The van der Waals surface area contributed by atoms with E-state index >= 15 is 0 Å². The SMILES string of the molecule is CC(C)(C)c1c(Br)cc2c(c1-c1nnn[nH]1)N(C(=O)O)c1ccc(Br)cc1S2. The summed E-state index contributed by atoms with van der Waals surface area (Å²) in [5.74, 6) is 0.426. The maximum atomic E-state index is 12.4. The molecule has 2 heterocycles. The number of H-pyrrole nitrogens is 1. The molecular formula is C18H15Br2N5O2S. The average Bonchev–Trinajstić information content (AvgIpc) is 3.11. The number of tetrazole rings is 1. The molecule has 7 nitrogen and oxygen atoms in total. The lowest BCUT2D eigenvalue weighted by molar-refractivity contribution is 0.204.